The topological polar surface area (TPSA) is 21.3 Å². The van der Waals surface area contributed by atoms with Crippen LogP contribution in [0.3, 0.4) is 0 Å². The Bertz CT molecular complexity index is 664. The normalized spacial score (nSPS) is 20.8. The van der Waals surface area contributed by atoms with Crippen LogP contribution in [0.2, 0.25) is 5.02 Å². The van der Waals surface area contributed by atoms with Gasteiger partial charge in [0, 0.05) is 10.5 Å². The summed E-state index contributed by atoms with van der Waals surface area (Å²) in [6.07, 6.45) is -0.178. The average molecular weight is 357 g/mol. The molecule has 2 nitrogen and oxygen atoms in total. The summed E-state index contributed by atoms with van der Waals surface area (Å²) in [5.74, 6) is 0.120. The lowest BCUT2D eigenvalue weighted by molar-refractivity contribution is 0.177. The van der Waals surface area contributed by atoms with Gasteiger partial charge in [0.15, 0.2) is 5.75 Å². The Morgan fingerprint density at radius 2 is 2.10 bits per heavy atom. The van der Waals surface area contributed by atoms with Crippen LogP contribution < -0.4 is 10.1 Å². The summed E-state index contributed by atoms with van der Waals surface area (Å²) in [6, 6.07) is 10.6. The fraction of sp³-hybridized carbons (Fsp3) is 0.200. The van der Waals surface area contributed by atoms with Crippen LogP contribution in [0.15, 0.2) is 40.9 Å². The zero-order valence-corrected chi connectivity index (χ0v) is 13.0. The summed E-state index contributed by atoms with van der Waals surface area (Å²) in [7, 11) is 0. The second kappa shape index (κ2) is 5.26. The van der Waals surface area contributed by atoms with Crippen LogP contribution in [0.4, 0.5) is 10.1 Å². The molecule has 0 saturated heterocycles. The molecule has 2 aromatic rings. The van der Waals surface area contributed by atoms with E-state index in [9.17, 15) is 4.39 Å². The van der Waals surface area contributed by atoms with E-state index in [0.29, 0.717) is 11.4 Å². The Labute approximate surface area is 130 Å². The summed E-state index contributed by atoms with van der Waals surface area (Å²) < 4.78 is 20.3. The van der Waals surface area contributed by atoms with Crippen molar-refractivity contribution in [3.05, 3.63) is 57.3 Å². The predicted molar refractivity (Wildman–Crippen MR) is 82.0 cm³/mol. The van der Waals surface area contributed by atoms with Crippen LogP contribution in [0.1, 0.15) is 18.6 Å². The van der Waals surface area contributed by atoms with Crippen LogP contribution in [0, 0.1) is 5.82 Å². The predicted octanol–water partition coefficient (Wildman–Crippen LogP) is 5.18. The summed E-state index contributed by atoms with van der Waals surface area (Å²) in [6.45, 7) is 1.99. The number of fused-ring (bicyclic) bond motifs is 1. The fourth-order valence-electron chi connectivity index (χ4n) is 2.38. The number of halogens is 3. The molecule has 0 aliphatic carbocycles. The number of hydrogen-bond acceptors (Lipinski definition) is 2. The van der Waals surface area contributed by atoms with Crippen LogP contribution in [-0.4, -0.2) is 6.04 Å². The third-order valence-electron chi connectivity index (χ3n) is 3.27. The molecule has 1 N–H and O–H groups in total. The van der Waals surface area contributed by atoms with Gasteiger partial charge in [0.05, 0.1) is 16.8 Å². The van der Waals surface area contributed by atoms with Crippen molar-refractivity contribution < 1.29 is 9.13 Å². The minimum Gasteiger partial charge on any atom is -0.480 e. The molecule has 20 heavy (non-hydrogen) atoms. The highest BCUT2D eigenvalue weighted by molar-refractivity contribution is 9.10. The molecule has 3 rings (SSSR count). The van der Waals surface area contributed by atoms with Gasteiger partial charge in [-0.25, -0.2) is 4.39 Å². The first-order chi connectivity index (χ1) is 9.54. The monoisotopic (exact) mass is 355 g/mol. The largest absolute Gasteiger partial charge is 0.480 e. The van der Waals surface area contributed by atoms with E-state index in [-0.39, 0.29) is 23.0 Å². The van der Waals surface area contributed by atoms with Gasteiger partial charge in [0.25, 0.3) is 0 Å². The number of rotatable bonds is 1. The zero-order valence-electron chi connectivity index (χ0n) is 10.7. The minimum absolute atomic E-state index is 0.00895. The van der Waals surface area contributed by atoms with E-state index < -0.39 is 0 Å². The quantitative estimate of drug-likeness (QED) is 0.760. The Balaban J connectivity index is 2.00. The van der Waals surface area contributed by atoms with E-state index in [2.05, 4.69) is 21.2 Å². The molecule has 1 heterocycles. The van der Waals surface area contributed by atoms with Gasteiger partial charge in [-0.1, -0.05) is 39.7 Å². The molecule has 0 fully saturated rings. The molecule has 1 aliphatic rings. The second-order valence-electron chi connectivity index (χ2n) is 4.79. The van der Waals surface area contributed by atoms with Crippen molar-refractivity contribution in [2.75, 3.05) is 5.32 Å². The van der Waals surface area contributed by atoms with Crippen molar-refractivity contribution >= 4 is 33.2 Å². The summed E-state index contributed by atoms with van der Waals surface area (Å²) in [5.41, 5.74) is 1.62. The maximum atomic E-state index is 13.4. The maximum absolute atomic E-state index is 13.4. The highest BCUT2D eigenvalue weighted by Crippen LogP contribution is 2.42. The molecule has 0 radical (unpaired) electrons. The van der Waals surface area contributed by atoms with E-state index in [1.165, 1.54) is 12.1 Å². The van der Waals surface area contributed by atoms with Crippen LogP contribution in [0.25, 0.3) is 0 Å². The van der Waals surface area contributed by atoms with Crippen molar-refractivity contribution in [2.45, 2.75) is 19.1 Å². The SMILES string of the molecule is CC1Nc2cc(F)cc(Cl)c2OC1c1cccc(Br)c1. The Morgan fingerprint density at radius 3 is 2.85 bits per heavy atom. The molecule has 0 bridgehead atoms. The lowest BCUT2D eigenvalue weighted by atomic mass is 10.0. The lowest BCUT2D eigenvalue weighted by Gasteiger charge is -2.34. The highest BCUT2D eigenvalue weighted by atomic mass is 79.9. The summed E-state index contributed by atoms with van der Waals surface area (Å²) in [4.78, 5) is 0. The summed E-state index contributed by atoms with van der Waals surface area (Å²) >= 11 is 9.52. The second-order valence-corrected chi connectivity index (χ2v) is 6.11. The lowest BCUT2D eigenvalue weighted by Crippen LogP contribution is -2.32. The van der Waals surface area contributed by atoms with E-state index in [4.69, 9.17) is 16.3 Å². The van der Waals surface area contributed by atoms with Crippen molar-refractivity contribution in [1.29, 1.82) is 0 Å². The van der Waals surface area contributed by atoms with Crippen molar-refractivity contribution in [1.82, 2.24) is 0 Å². The van der Waals surface area contributed by atoms with Gasteiger partial charge in [0.1, 0.15) is 11.9 Å². The van der Waals surface area contributed by atoms with E-state index in [0.717, 1.165) is 10.0 Å². The minimum atomic E-state index is -0.377. The first-order valence-electron chi connectivity index (χ1n) is 6.22. The van der Waals surface area contributed by atoms with Crippen molar-refractivity contribution in [3.63, 3.8) is 0 Å². The van der Waals surface area contributed by atoms with E-state index in [1.54, 1.807) is 0 Å². The van der Waals surface area contributed by atoms with E-state index in [1.807, 2.05) is 31.2 Å². The molecule has 104 valence electrons. The highest BCUT2D eigenvalue weighted by Gasteiger charge is 2.29. The fourth-order valence-corrected chi connectivity index (χ4v) is 3.05. The van der Waals surface area contributed by atoms with Crippen LogP contribution >= 0.6 is 27.5 Å². The van der Waals surface area contributed by atoms with Gasteiger partial charge < -0.3 is 10.1 Å². The summed E-state index contributed by atoms with van der Waals surface area (Å²) in [5, 5.41) is 3.52. The maximum Gasteiger partial charge on any atom is 0.162 e. The number of benzene rings is 2. The molecule has 0 aromatic heterocycles. The molecule has 2 aromatic carbocycles. The molecule has 0 saturated carbocycles. The number of nitrogens with one attached hydrogen (secondary N) is 1. The van der Waals surface area contributed by atoms with E-state index >= 15 is 0 Å². The molecular formula is C15H12BrClFNO. The van der Waals surface area contributed by atoms with Gasteiger partial charge in [-0.3, -0.25) is 0 Å². The van der Waals surface area contributed by atoms with Gasteiger partial charge in [-0.15, -0.1) is 0 Å². The standard InChI is InChI=1S/C15H12BrClFNO/c1-8-14(9-3-2-4-10(16)5-9)20-15-12(17)6-11(18)7-13(15)19-8/h2-8,14,19H,1H3. The third-order valence-corrected chi connectivity index (χ3v) is 4.04. The molecule has 5 heteroatoms. The Morgan fingerprint density at radius 1 is 1.30 bits per heavy atom. The molecule has 0 spiro atoms. The van der Waals surface area contributed by atoms with Crippen LogP contribution in [-0.2, 0) is 0 Å². The smallest absolute Gasteiger partial charge is 0.162 e. The third kappa shape index (κ3) is 2.50. The van der Waals surface area contributed by atoms with Gasteiger partial charge in [-0.05, 0) is 30.7 Å². The molecule has 2 atom stereocenters. The number of hydrogen-bond donors (Lipinski definition) is 1. The number of anilines is 1. The van der Waals surface area contributed by atoms with Crippen molar-refractivity contribution in [3.8, 4) is 5.75 Å². The van der Waals surface area contributed by atoms with Gasteiger partial charge >= 0.3 is 0 Å². The van der Waals surface area contributed by atoms with Gasteiger partial charge in [0.2, 0.25) is 0 Å². The van der Waals surface area contributed by atoms with Crippen LogP contribution in [0.5, 0.6) is 5.75 Å². The molecule has 2 unspecified atom stereocenters. The van der Waals surface area contributed by atoms with Gasteiger partial charge in [-0.2, -0.15) is 0 Å². The molecule has 0 amide bonds. The zero-order chi connectivity index (χ0) is 14.3. The molecular weight excluding hydrogens is 345 g/mol. The average Bonchev–Trinajstić information content (AvgIpc) is 2.37. The Hall–Kier alpha value is -1.26. The van der Waals surface area contributed by atoms with Crippen molar-refractivity contribution in [2.24, 2.45) is 0 Å². The number of ether oxygens (including phenoxy) is 1. The Kier molecular flexibility index (Phi) is 3.61. The molecule has 1 aliphatic heterocycles. The first-order valence-corrected chi connectivity index (χ1v) is 7.39. The first kappa shape index (κ1) is 13.7.